The molecule has 22 heavy (non-hydrogen) atoms. The number of nitrogens with zero attached hydrogens (tertiary/aromatic N) is 1. The first-order valence-corrected chi connectivity index (χ1v) is 7.20. The number of H-pyrrole nitrogens is 1. The molecule has 0 saturated carbocycles. The van der Waals surface area contributed by atoms with Gasteiger partial charge in [0.15, 0.2) is 6.61 Å². The molecule has 5 heteroatoms. The van der Waals surface area contributed by atoms with Crippen molar-refractivity contribution in [3.05, 3.63) is 54.2 Å². The smallest absolute Gasteiger partial charge is 0.262 e. The Morgan fingerprint density at radius 1 is 1.27 bits per heavy atom. The molecule has 1 aromatic heterocycles. The number of para-hydroxylation sites is 1. The number of carbonyl (C=O) groups is 1. The van der Waals surface area contributed by atoms with E-state index in [9.17, 15) is 4.79 Å². The van der Waals surface area contributed by atoms with Crippen molar-refractivity contribution in [2.75, 3.05) is 11.9 Å². The Hall–Kier alpha value is -2.82. The molecule has 2 N–H and O–H groups in total. The zero-order valence-electron chi connectivity index (χ0n) is 12.3. The van der Waals surface area contributed by atoms with Gasteiger partial charge in [-0.3, -0.25) is 9.89 Å². The van der Waals surface area contributed by atoms with Gasteiger partial charge in [0.2, 0.25) is 0 Å². The number of hydrogen-bond acceptors (Lipinski definition) is 3. The summed E-state index contributed by atoms with van der Waals surface area (Å²) >= 11 is 0. The summed E-state index contributed by atoms with van der Waals surface area (Å²) in [7, 11) is 0. The maximum absolute atomic E-state index is 12.0. The number of aromatic amines is 1. The van der Waals surface area contributed by atoms with Crippen molar-refractivity contribution in [3.63, 3.8) is 0 Å². The molecule has 5 nitrogen and oxygen atoms in total. The zero-order valence-corrected chi connectivity index (χ0v) is 12.3. The highest BCUT2D eigenvalue weighted by Gasteiger charge is 2.07. The van der Waals surface area contributed by atoms with Gasteiger partial charge in [-0.15, -0.1) is 0 Å². The van der Waals surface area contributed by atoms with E-state index in [1.165, 1.54) is 0 Å². The van der Waals surface area contributed by atoms with Crippen LogP contribution >= 0.6 is 0 Å². The molecular formula is C17H17N3O2. The van der Waals surface area contributed by atoms with Gasteiger partial charge < -0.3 is 10.1 Å². The van der Waals surface area contributed by atoms with E-state index < -0.39 is 0 Å². The molecule has 1 amide bonds. The minimum absolute atomic E-state index is 0.0158. The number of aromatic nitrogens is 2. The summed E-state index contributed by atoms with van der Waals surface area (Å²) < 4.78 is 5.60. The van der Waals surface area contributed by atoms with Crippen molar-refractivity contribution in [1.29, 1.82) is 0 Å². The number of nitrogens with one attached hydrogen (secondary N) is 2. The van der Waals surface area contributed by atoms with Gasteiger partial charge in [0.25, 0.3) is 5.91 Å². The van der Waals surface area contributed by atoms with E-state index in [0.29, 0.717) is 5.69 Å². The zero-order chi connectivity index (χ0) is 15.4. The molecule has 0 aliphatic heterocycles. The lowest BCUT2D eigenvalue weighted by Crippen LogP contribution is -2.20. The molecule has 1 heterocycles. The van der Waals surface area contributed by atoms with Gasteiger partial charge in [0.05, 0.1) is 11.7 Å². The Bertz CT molecular complexity index is 795. The number of ether oxygens (including phenoxy) is 1. The van der Waals surface area contributed by atoms with Crippen LogP contribution in [0.15, 0.2) is 48.7 Å². The second-order valence-electron chi connectivity index (χ2n) is 4.97. The molecule has 0 fully saturated rings. The highest BCUT2D eigenvalue weighted by Crippen LogP contribution is 2.19. The molecule has 3 aromatic rings. The van der Waals surface area contributed by atoms with Crippen LogP contribution in [0, 0.1) is 0 Å². The lowest BCUT2D eigenvalue weighted by atomic mass is 10.1. The van der Waals surface area contributed by atoms with Crippen molar-refractivity contribution >= 4 is 22.5 Å². The Balaban J connectivity index is 1.62. The van der Waals surface area contributed by atoms with Crippen LogP contribution < -0.4 is 10.1 Å². The monoisotopic (exact) mass is 295 g/mol. The van der Waals surface area contributed by atoms with Crippen molar-refractivity contribution in [2.45, 2.75) is 13.3 Å². The van der Waals surface area contributed by atoms with E-state index in [-0.39, 0.29) is 12.5 Å². The number of fused-ring (bicyclic) bond motifs is 1. The lowest BCUT2D eigenvalue weighted by molar-refractivity contribution is -0.118. The summed E-state index contributed by atoms with van der Waals surface area (Å²) in [6.07, 6.45) is 2.61. The molecule has 0 spiro atoms. The first kappa shape index (κ1) is 14.1. The normalized spacial score (nSPS) is 10.6. The first-order valence-electron chi connectivity index (χ1n) is 7.20. The lowest BCUT2D eigenvalue weighted by Gasteiger charge is -2.10. The predicted molar refractivity (Wildman–Crippen MR) is 86.0 cm³/mol. The average molecular weight is 295 g/mol. The van der Waals surface area contributed by atoms with E-state index in [0.717, 1.165) is 28.6 Å². The summed E-state index contributed by atoms with van der Waals surface area (Å²) in [4.78, 5) is 12.0. The Labute approximate surface area is 128 Å². The van der Waals surface area contributed by atoms with Crippen LogP contribution in [0.1, 0.15) is 12.5 Å². The Morgan fingerprint density at radius 3 is 3.00 bits per heavy atom. The van der Waals surface area contributed by atoms with Crippen molar-refractivity contribution in [1.82, 2.24) is 10.2 Å². The molecule has 0 aliphatic rings. The third-order valence-corrected chi connectivity index (χ3v) is 3.44. The van der Waals surface area contributed by atoms with E-state index in [2.05, 4.69) is 22.4 Å². The fourth-order valence-electron chi connectivity index (χ4n) is 2.29. The highest BCUT2D eigenvalue weighted by molar-refractivity contribution is 5.94. The third kappa shape index (κ3) is 3.09. The number of hydrogen-bond donors (Lipinski definition) is 2. The second kappa shape index (κ2) is 6.30. The number of rotatable bonds is 5. The summed E-state index contributed by atoms with van der Waals surface area (Å²) in [6, 6.07) is 13.3. The number of benzene rings is 2. The van der Waals surface area contributed by atoms with Crippen LogP contribution in [-0.4, -0.2) is 22.7 Å². The number of anilines is 1. The van der Waals surface area contributed by atoms with Gasteiger partial charge >= 0.3 is 0 Å². The summed E-state index contributed by atoms with van der Waals surface area (Å²) in [5.41, 5.74) is 2.69. The van der Waals surface area contributed by atoms with Crippen LogP contribution in [0.25, 0.3) is 10.9 Å². The van der Waals surface area contributed by atoms with E-state index in [1.54, 1.807) is 6.20 Å². The van der Waals surface area contributed by atoms with Gasteiger partial charge in [0, 0.05) is 11.1 Å². The molecule has 0 atom stereocenters. The fourth-order valence-corrected chi connectivity index (χ4v) is 2.29. The SMILES string of the molecule is CCc1ccccc1OCC(=O)Nc1ccc2cn[nH]c2c1. The van der Waals surface area contributed by atoms with E-state index in [4.69, 9.17) is 4.74 Å². The Morgan fingerprint density at radius 2 is 2.14 bits per heavy atom. The molecule has 0 saturated heterocycles. The Kier molecular flexibility index (Phi) is 4.05. The van der Waals surface area contributed by atoms with Crippen LogP contribution in [0.5, 0.6) is 5.75 Å². The van der Waals surface area contributed by atoms with Crippen LogP contribution in [0.3, 0.4) is 0 Å². The minimum atomic E-state index is -0.190. The van der Waals surface area contributed by atoms with E-state index in [1.807, 2.05) is 42.5 Å². The molecule has 0 unspecified atom stereocenters. The molecule has 0 bridgehead atoms. The predicted octanol–water partition coefficient (Wildman–Crippen LogP) is 3.14. The standard InChI is InChI=1S/C17H17N3O2/c1-2-12-5-3-4-6-16(12)22-11-17(21)19-14-8-7-13-10-18-20-15(13)9-14/h3-10H,2,11H2,1H3,(H,18,20)(H,19,21). The topological polar surface area (TPSA) is 67.0 Å². The first-order chi connectivity index (χ1) is 10.8. The van der Waals surface area contributed by atoms with Crippen LogP contribution in [0.2, 0.25) is 0 Å². The number of aryl methyl sites for hydroxylation is 1. The third-order valence-electron chi connectivity index (χ3n) is 3.44. The van der Waals surface area contributed by atoms with E-state index >= 15 is 0 Å². The quantitative estimate of drug-likeness (QED) is 0.760. The molecule has 2 aromatic carbocycles. The number of amides is 1. The van der Waals surface area contributed by atoms with Crippen LogP contribution in [-0.2, 0) is 11.2 Å². The molecule has 112 valence electrons. The second-order valence-corrected chi connectivity index (χ2v) is 4.97. The highest BCUT2D eigenvalue weighted by atomic mass is 16.5. The van der Waals surface area contributed by atoms with Crippen LogP contribution in [0.4, 0.5) is 5.69 Å². The van der Waals surface area contributed by atoms with Gasteiger partial charge in [-0.1, -0.05) is 25.1 Å². The molecule has 0 radical (unpaired) electrons. The largest absolute Gasteiger partial charge is 0.483 e. The number of carbonyl (C=O) groups excluding carboxylic acids is 1. The van der Waals surface area contributed by atoms with Crippen molar-refractivity contribution < 1.29 is 9.53 Å². The van der Waals surface area contributed by atoms with Gasteiger partial charge in [-0.25, -0.2) is 0 Å². The molecule has 0 aliphatic carbocycles. The maximum atomic E-state index is 12.0. The fraction of sp³-hybridized carbons (Fsp3) is 0.176. The van der Waals surface area contributed by atoms with Gasteiger partial charge in [0.1, 0.15) is 5.75 Å². The maximum Gasteiger partial charge on any atom is 0.262 e. The minimum Gasteiger partial charge on any atom is -0.483 e. The average Bonchev–Trinajstić information content (AvgIpc) is 3.01. The van der Waals surface area contributed by atoms with Crippen molar-refractivity contribution in [2.24, 2.45) is 0 Å². The molecule has 3 rings (SSSR count). The van der Waals surface area contributed by atoms with Gasteiger partial charge in [-0.05, 0) is 36.2 Å². The summed E-state index contributed by atoms with van der Waals surface area (Å²) in [5.74, 6) is 0.564. The summed E-state index contributed by atoms with van der Waals surface area (Å²) in [6.45, 7) is 2.04. The summed E-state index contributed by atoms with van der Waals surface area (Å²) in [5, 5.41) is 10.7. The molecular weight excluding hydrogens is 278 g/mol. The van der Waals surface area contributed by atoms with Crippen molar-refractivity contribution in [3.8, 4) is 5.75 Å². The van der Waals surface area contributed by atoms with Gasteiger partial charge in [-0.2, -0.15) is 5.10 Å².